The number of fused-ring (bicyclic) bond motifs is 4. The molecule has 0 amide bonds. The third-order valence-corrected chi connectivity index (χ3v) is 12.3. The summed E-state index contributed by atoms with van der Waals surface area (Å²) in [6.45, 7) is 11.1. The van der Waals surface area contributed by atoms with Crippen molar-refractivity contribution in [2.75, 3.05) is 9.80 Å². The average Bonchev–Trinajstić information content (AvgIpc) is 3.21. The zero-order chi connectivity index (χ0) is 41.6. The molecule has 2 aliphatic heterocycles. The molecule has 0 radical (unpaired) electrons. The zero-order valence-corrected chi connectivity index (χ0v) is 33.1. The van der Waals surface area contributed by atoms with Crippen LogP contribution in [-0.4, -0.2) is 0 Å². The van der Waals surface area contributed by atoms with Crippen LogP contribution in [0.15, 0.2) is 152 Å². The minimum atomic E-state index is -5.18. The molecule has 0 spiro atoms. The van der Waals surface area contributed by atoms with E-state index in [1.54, 1.807) is 12.1 Å². The van der Waals surface area contributed by atoms with Crippen molar-refractivity contribution in [1.29, 1.82) is 0 Å². The fourth-order valence-electron chi connectivity index (χ4n) is 9.23. The van der Waals surface area contributed by atoms with E-state index in [4.69, 9.17) is 0 Å². The van der Waals surface area contributed by atoms with E-state index in [2.05, 4.69) is 154 Å². The van der Waals surface area contributed by atoms with Gasteiger partial charge in [-0.05, 0) is 106 Å². The van der Waals surface area contributed by atoms with Gasteiger partial charge in [0.25, 0.3) is 0 Å². The minimum Gasteiger partial charge on any atom is -0.310 e. The number of nitrogens with zero attached hydrogens (tertiary/aromatic N) is 2. The monoisotopic (exact) mass is 794 g/mol. The summed E-state index contributed by atoms with van der Waals surface area (Å²) >= 11 is 0. The number of alkyl halides is 6. The predicted molar refractivity (Wildman–Crippen MR) is 226 cm³/mol. The van der Waals surface area contributed by atoms with E-state index in [1.807, 2.05) is 12.1 Å². The summed E-state index contributed by atoms with van der Waals surface area (Å²) in [6, 6.07) is 47.3. The van der Waals surface area contributed by atoms with Gasteiger partial charge in [0, 0.05) is 10.8 Å². The zero-order valence-electron chi connectivity index (χ0n) is 33.1. The molecule has 0 N–H and O–H groups in total. The average molecular weight is 795 g/mol. The van der Waals surface area contributed by atoms with Gasteiger partial charge in [-0.15, -0.1) is 0 Å². The number of anilines is 6. The van der Waals surface area contributed by atoms with E-state index < -0.39 is 23.5 Å². The molecule has 2 heterocycles. The quantitative estimate of drug-likeness (QED) is 0.164. The van der Waals surface area contributed by atoms with Crippen molar-refractivity contribution < 1.29 is 26.3 Å². The maximum Gasteiger partial charge on any atom is 0.417 e. The van der Waals surface area contributed by atoms with Gasteiger partial charge in [0.15, 0.2) is 0 Å². The third kappa shape index (κ3) is 6.10. The van der Waals surface area contributed by atoms with Crippen molar-refractivity contribution >= 4 is 34.1 Å². The first-order valence-electron chi connectivity index (χ1n) is 19.5. The third-order valence-electron chi connectivity index (χ3n) is 12.3. The second-order valence-electron chi connectivity index (χ2n) is 16.5. The summed E-state index contributed by atoms with van der Waals surface area (Å²) in [5.41, 5.74) is 9.94. The summed E-state index contributed by atoms with van der Waals surface area (Å²) in [5.74, 6) is 0. The van der Waals surface area contributed by atoms with E-state index in [0.717, 1.165) is 56.9 Å². The molecule has 2 aliphatic rings. The van der Waals surface area contributed by atoms with Crippen LogP contribution in [0.25, 0.3) is 22.3 Å². The maximum atomic E-state index is 13.9. The topological polar surface area (TPSA) is 6.48 Å². The molecular formula is C51H40F6N2. The molecule has 296 valence electrons. The van der Waals surface area contributed by atoms with Gasteiger partial charge in [-0.2, -0.15) is 26.3 Å². The molecule has 2 nitrogen and oxygen atoms in total. The molecule has 0 aliphatic carbocycles. The SMILES string of the molecule is Cc1c(N2c3ccccc3C(C)(C)c3ccccc32)cc(-c2ccc(-c3ccc(C(F)(F)F)c(C(F)(F)F)c3)cc2)cc1N1c2ccccc2C(C)(C)c2ccccc21. The molecule has 7 aromatic rings. The number of hydrogen-bond acceptors (Lipinski definition) is 2. The fraction of sp³-hybridized carbons (Fsp3) is 0.176. The molecule has 59 heavy (non-hydrogen) atoms. The lowest BCUT2D eigenvalue weighted by molar-refractivity contribution is -0.162. The molecular weight excluding hydrogens is 755 g/mol. The van der Waals surface area contributed by atoms with Crippen molar-refractivity contribution in [1.82, 2.24) is 0 Å². The molecule has 7 aromatic carbocycles. The van der Waals surface area contributed by atoms with Crippen LogP contribution in [0.3, 0.4) is 0 Å². The first-order valence-corrected chi connectivity index (χ1v) is 19.5. The lowest BCUT2D eigenvalue weighted by Gasteiger charge is -2.44. The van der Waals surface area contributed by atoms with E-state index >= 15 is 0 Å². The van der Waals surface area contributed by atoms with Crippen molar-refractivity contribution in [3.63, 3.8) is 0 Å². The van der Waals surface area contributed by atoms with Gasteiger partial charge in [0.2, 0.25) is 0 Å². The fourth-order valence-corrected chi connectivity index (χ4v) is 9.23. The van der Waals surface area contributed by atoms with Crippen LogP contribution in [-0.2, 0) is 23.2 Å². The molecule has 0 atom stereocenters. The highest BCUT2D eigenvalue weighted by atomic mass is 19.4. The highest BCUT2D eigenvalue weighted by molar-refractivity contribution is 5.95. The smallest absolute Gasteiger partial charge is 0.310 e. The Morgan fingerprint density at radius 2 is 0.678 bits per heavy atom. The number of halogens is 6. The number of rotatable bonds is 4. The van der Waals surface area contributed by atoms with Crippen LogP contribution >= 0.6 is 0 Å². The van der Waals surface area contributed by atoms with Gasteiger partial charge in [-0.3, -0.25) is 0 Å². The lowest BCUT2D eigenvalue weighted by atomic mass is 9.73. The first kappa shape index (κ1) is 38.2. The molecule has 8 heteroatoms. The summed E-state index contributed by atoms with van der Waals surface area (Å²) < 4.78 is 82.6. The Bertz CT molecular complexity index is 2550. The number of para-hydroxylation sites is 4. The Kier molecular flexibility index (Phi) is 8.67. The van der Waals surface area contributed by atoms with Crippen molar-refractivity contribution in [2.24, 2.45) is 0 Å². The summed E-state index contributed by atoms with van der Waals surface area (Å²) in [4.78, 5) is 4.67. The Balaban J connectivity index is 1.28. The summed E-state index contributed by atoms with van der Waals surface area (Å²) in [7, 11) is 0. The van der Waals surface area contributed by atoms with Crippen LogP contribution in [0.5, 0.6) is 0 Å². The largest absolute Gasteiger partial charge is 0.417 e. The van der Waals surface area contributed by atoms with Gasteiger partial charge in [0.1, 0.15) is 0 Å². The van der Waals surface area contributed by atoms with E-state index in [-0.39, 0.29) is 16.4 Å². The van der Waals surface area contributed by atoms with Crippen LogP contribution in [0.4, 0.5) is 60.5 Å². The molecule has 0 unspecified atom stereocenters. The standard InChI is InChI=1S/C51H40F6N2/c1-31-46(58-42-18-10-6-14-37(42)48(2,3)38-15-7-11-19-43(38)58)29-35(30-47(31)59-44-20-12-8-16-39(44)49(4,5)40-17-9-13-21-45(40)59)33-24-22-32(23-25-33)34-26-27-36(50(52,53)54)41(28-34)51(55,56)57/h6-30H,1-5H3. The lowest BCUT2D eigenvalue weighted by Crippen LogP contribution is -2.32. The van der Waals surface area contributed by atoms with Crippen LogP contribution in [0, 0.1) is 6.92 Å². The minimum absolute atomic E-state index is 0.0375. The summed E-state index contributed by atoms with van der Waals surface area (Å²) in [6.07, 6.45) is -10.3. The van der Waals surface area contributed by atoms with Gasteiger partial charge in [-0.1, -0.05) is 131 Å². The van der Waals surface area contributed by atoms with Gasteiger partial charge >= 0.3 is 12.4 Å². The molecule has 0 aromatic heterocycles. The Morgan fingerprint density at radius 1 is 0.356 bits per heavy atom. The molecule has 0 saturated carbocycles. The van der Waals surface area contributed by atoms with E-state index in [9.17, 15) is 26.3 Å². The normalized spacial score (nSPS) is 15.2. The molecule has 0 fully saturated rings. The van der Waals surface area contributed by atoms with Crippen molar-refractivity contribution in [2.45, 2.75) is 57.8 Å². The van der Waals surface area contributed by atoms with Gasteiger partial charge < -0.3 is 9.80 Å². The van der Waals surface area contributed by atoms with Crippen LogP contribution in [0.2, 0.25) is 0 Å². The van der Waals surface area contributed by atoms with Crippen LogP contribution in [0.1, 0.15) is 66.6 Å². The first-order chi connectivity index (χ1) is 28.0. The highest BCUT2D eigenvalue weighted by Gasteiger charge is 2.44. The second-order valence-corrected chi connectivity index (χ2v) is 16.5. The van der Waals surface area contributed by atoms with E-state index in [0.29, 0.717) is 17.7 Å². The number of hydrogen-bond donors (Lipinski definition) is 0. The van der Waals surface area contributed by atoms with E-state index in [1.165, 1.54) is 22.3 Å². The Hall–Kier alpha value is -6.28. The predicted octanol–water partition coefficient (Wildman–Crippen LogP) is 15.6. The highest BCUT2D eigenvalue weighted by Crippen LogP contribution is 2.57. The van der Waals surface area contributed by atoms with Gasteiger partial charge in [-0.25, -0.2) is 0 Å². The van der Waals surface area contributed by atoms with Crippen molar-refractivity contribution in [3.8, 4) is 22.3 Å². The van der Waals surface area contributed by atoms with Crippen LogP contribution < -0.4 is 9.80 Å². The molecule has 0 saturated heterocycles. The Morgan fingerprint density at radius 3 is 1.03 bits per heavy atom. The summed E-state index contributed by atoms with van der Waals surface area (Å²) in [5, 5.41) is 0. The molecule has 0 bridgehead atoms. The van der Waals surface area contributed by atoms with Gasteiger partial charge in [0.05, 0.1) is 45.3 Å². The van der Waals surface area contributed by atoms with Crippen molar-refractivity contribution in [3.05, 3.63) is 191 Å². The second kappa shape index (κ2) is 13.4. The maximum absolute atomic E-state index is 13.9. The molecule has 9 rings (SSSR count). The Labute approximate surface area is 340 Å². The number of benzene rings is 7.